The molecule has 2 rings (SSSR count). The van der Waals surface area contributed by atoms with Gasteiger partial charge in [-0.25, -0.2) is 4.39 Å². The van der Waals surface area contributed by atoms with Crippen LogP contribution in [0.5, 0.6) is 0 Å². The highest BCUT2D eigenvalue weighted by Crippen LogP contribution is 2.26. The maximum absolute atomic E-state index is 14.1. The van der Waals surface area contributed by atoms with Crippen molar-refractivity contribution >= 4 is 15.9 Å². The Bertz CT molecular complexity index is 531. The zero-order valence-corrected chi connectivity index (χ0v) is 12.3. The Kier molecular flexibility index (Phi) is 5.05. The van der Waals surface area contributed by atoms with Gasteiger partial charge in [0.15, 0.2) is 0 Å². The summed E-state index contributed by atoms with van der Waals surface area (Å²) in [5.41, 5.74) is 1.66. The van der Waals surface area contributed by atoms with Crippen LogP contribution in [0.2, 0.25) is 0 Å². The van der Waals surface area contributed by atoms with Crippen molar-refractivity contribution in [1.82, 2.24) is 10.3 Å². The van der Waals surface area contributed by atoms with E-state index < -0.39 is 0 Å². The van der Waals surface area contributed by atoms with Crippen LogP contribution >= 0.6 is 15.9 Å². The summed E-state index contributed by atoms with van der Waals surface area (Å²) in [5, 5.41) is 3.38. The average Bonchev–Trinajstić information content (AvgIpc) is 2.44. The topological polar surface area (TPSA) is 24.9 Å². The van der Waals surface area contributed by atoms with Crippen LogP contribution < -0.4 is 5.32 Å². The average molecular weight is 323 g/mol. The highest BCUT2D eigenvalue weighted by molar-refractivity contribution is 9.10. The second kappa shape index (κ2) is 6.78. The second-order valence-corrected chi connectivity index (χ2v) is 5.25. The predicted molar refractivity (Wildman–Crippen MR) is 78.5 cm³/mol. The molecular formula is C15H16BrFN2. The van der Waals surface area contributed by atoms with Crippen LogP contribution in [0.25, 0.3) is 0 Å². The van der Waals surface area contributed by atoms with Crippen LogP contribution in [0.15, 0.2) is 47.2 Å². The zero-order valence-electron chi connectivity index (χ0n) is 10.7. The van der Waals surface area contributed by atoms with Gasteiger partial charge in [-0.05, 0) is 48.9 Å². The summed E-state index contributed by atoms with van der Waals surface area (Å²) in [6.07, 6.45) is 4.45. The molecular weight excluding hydrogens is 307 g/mol. The van der Waals surface area contributed by atoms with Gasteiger partial charge in [-0.2, -0.15) is 0 Å². The molecule has 1 aromatic heterocycles. The van der Waals surface area contributed by atoms with E-state index in [1.54, 1.807) is 18.5 Å². The third-order valence-corrected chi connectivity index (χ3v) is 3.40. The van der Waals surface area contributed by atoms with Gasteiger partial charge in [0.05, 0.1) is 6.04 Å². The molecule has 0 radical (unpaired) electrons. The number of halogens is 2. The Morgan fingerprint density at radius 1 is 1.26 bits per heavy atom. The molecule has 1 unspecified atom stereocenters. The highest BCUT2D eigenvalue weighted by Gasteiger charge is 2.17. The Hall–Kier alpha value is -1.26. The van der Waals surface area contributed by atoms with Gasteiger partial charge in [0.1, 0.15) is 5.82 Å². The molecule has 0 aliphatic heterocycles. The molecule has 2 aromatic rings. The fraction of sp³-hybridized carbons (Fsp3) is 0.267. The van der Waals surface area contributed by atoms with E-state index in [9.17, 15) is 4.39 Å². The van der Waals surface area contributed by atoms with E-state index in [4.69, 9.17) is 0 Å². The predicted octanol–water partition coefficient (Wildman–Crippen LogP) is 4.07. The van der Waals surface area contributed by atoms with Gasteiger partial charge < -0.3 is 5.32 Å². The first-order valence-corrected chi connectivity index (χ1v) is 7.10. The van der Waals surface area contributed by atoms with E-state index >= 15 is 0 Å². The number of rotatable bonds is 5. The minimum absolute atomic E-state index is 0.152. The van der Waals surface area contributed by atoms with Crippen LogP contribution in [0.4, 0.5) is 4.39 Å². The minimum atomic E-state index is -0.200. The lowest BCUT2D eigenvalue weighted by Gasteiger charge is -2.20. The van der Waals surface area contributed by atoms with Gasteiger partial charge in [-0.15, -0.1) is 0 Å². The fourth-order valence-corrected chi connectivity index (χ4v) is 2.37. The minimum Gasteiger partial charge on any atom is -0.306 e. The van der Waals surface area contributed by atoms with Gasteiger partial charge in [-0.1, -0.05) is 22.9 Å². The molecule has 0 saturated heterocycles. The molecule has 0 amide bonds. The summed E-state index contributed by atoms with van der Waals surface area (Å²) in [7, 11) is 0. The third kappa shape index (κ3) is 3.61. The molecule has 0 aliphatic carbocycles. The molecule has 0 fully saturated rings. The SMILES string of the molecule is CCCNC(c1ccncc1)c1cc(Br)ccc1F. The molecule has 2 nitrogen and oxygen atoms in total. The van der Waals surface area contributed by atoms with E-state index in [2.05, 4.69) is 33.2 Å². The third-order valence-electron chi connectivity index (χ3n) is 2.91. The fourth-order valence-electron chi connectivity index (χ4n) is 1.99. The number of nitrogens with zero attached hydrogens (tertiary/aromatic N) is 1. The van der Waals surface area contributed by atoms with E-state index in [0.717, 1.165) is 23.0 Å². The van der Waals surface area contributed by atoms with Crippen LogP contribution in [0.3, 0.4) is 0 Å². The van der Waals surface area contributed by atoms with E-state index in [1.165, 1.54) is 6.07 Å². The van der Waals surface area contributed by atoms with Gasteiger partial charge in [0.2, 0.25) is 0 Å². The Balaban J connectivity index is 2.40. The second-order valence-electron chi connectivity index (χ2n) is 4.33. The Morgan fingerprint density at radius 3 is 2.68 bits per heavy atom. The first kappa shape index (κ1) is 14.2. The molecule has 0 spiro atoms. The van der Waals surface area contributed by atoms with Crippen molar-refractivity contribution in [3.63, 3.8) is 0 Å². The van der Waals surface area contributed by atoms with Crippen molar-refractivity contribution in [2.45, 2.75) is 19.4 Å². The summed E-state index contributed by atoms with van der Waals surface area (Å²) >= 11 is 3.40. The van der Waals surface area contributed by atoms with Crippen molar-refractivity contribution in [3.8, 4) is 0 Å². The van der Waals surface area contributed by atoms with Crippen molar-refractivity contribution in [2.24, 2.45) is 0 Å². The van der Waals surface area contributed by atoms with Gasteiger partial charge in [-0.3, -0.25) is 4.98 Å². The lowest BCUT2D eigenvalue weighted by atomic mass is 9.99. The molecule has 1 aromatic carbocycles. The smallest absolute Gasteiger partial charge is 0.128 e. The number of nitrogens with one attached hydrogen (secondary N) is 1. The highest BCUT2D eigenvalue weighted by atomic mass is 79.9. The molecule has 100 valence electrons. The van der Waals surface area contributed by atoms with Crippen LogP contribution in [-0.4, -0.2) is 11.5 Å². The molecule has 0 bridgehead atoms. The van der Waals surface area contributed by atoms with Gasteiger partial charge in [0.25, 0.3) is 0 Å². The Morgan fingerprint density at radius 2 is 2.00 bits per heavy atom. The Labute approximate surface area is 121 Å². The summed E-state index contributed by atoms with van der Waals surface area (Å²) in [5.74, 6) is -0.200. The number of benzene rings is 1. The summed E-state index contributed by atoms with van der Waals surface area (Å²) in [4.78, 5) is 4.01. The van der Waals surface area contributed by atoms with Crippen LogP contribution in [-0.2, 0) is 0 Å². The molecule has 19 heavy (non-hydrogen) atoms. The van der Waals surface area contributed by atoms with Crippen molar-refractivity contribution in [3.05, 3.63) is 64.1 Å². The van der Waals surface area contributed by atoms with Gasteiger partial charge in [0, 0.05) is 22.4 Å². The summed E-state index contributed by atoms with van der Waals surface area (Å²) in [6, 6.07) is 8.69. The lowest BCUT2D eigenvalue weighted by molar-refractivity contribution is 0.546. The number of hydrogen-bond acceptors (Lipinski definition) is 2. The number of aromatic nitrogens is 1. The van der Waals surface area contributed by atoms with E-state index in [1.807, 2.05) is 18.2 Å². The molecule has 1 heterocycles. The molecule has 0 aliphatic rings. The van der Waals surface area contributed by atoms with E-state index in [-0.39, 0.29) is 11.9 Å². The maximum atomic E-state index is 14.1. The zero-order chi connectivity index (χ0) is 13.7. The normalized spacial score (nSPS) is 12.4. The molecule has 1 N–H and O–H groups in total. The molecule has 4 heteroatoms. The van der Waals surface area contributed by atoms with Crippen molar-refractivity contribution in [2.75, 3.05) is 6.54 Å². The monoisotopic (exact) mass is 322 g/mol. The summed E-state index contributed by atoms with van der Waals surface area (Å²) in [6.45, 7) is 2.92. The quantitative estimate of drug-likeness (QED) is 0.897. The van der Waals surface area contributed by atoms with E-state index in [0.29, 0.717) is 5.56 Å². The van der Waals surface area contributed by atoms with Crippen LogP contribution in [0.1, 0.15) is 30.5 Å². The van der Waals surface area contributed by atoms with Crippen molar-refractivity contribution < 1.29 is 4.39 Å². The summed E-state index contributed by atoms with van der Waals surface area (Å²) < 4.78 is 14.9. The van der Waals surface area contributed by atoms with Gasteiger partial charge >= 0.3 is 0 Å². The lowest BCUT2D eigenvalue weighted by Crippen LogP contribution is -2.24. The first-order valence-electron chi connectivity index (χ1n) is 6.30. The van der Waals surface area contributed by atoms with Crippen LogP contribution in [0, 0.1) is 5.82 Å². The maximum Gasteiger partial charge on any atom is 0.128 e. The number of hydrogen-bond donors (Lipinski definition) is 1. The van der Waals surface area contributed by atoms with Crippen molar-refractivity contribution in [1.29, 1.82) is 0 Å². The standard InChI is InChI=1S/C15H16BrFN2/c1-2-7-19-15(11-5-8-18-9-6-11)13-10-12(16)3-4-14(13)17/h3-6,8-10,15,19H,2,7H2,1H3. The largest absolute Gasteiger partial charge is 0.306 e. The first-order chi connectivity index (χ1) is 9.22. The molecule has 1 atom stereocenters. The number of pyridine rings is 1. The molecule has 0 saturated carbocycles.